The van der Waals surface area contributed by atoms with Gasteiger partial charge in [-0.05, 0) is 32.9 Å². The summed E-state index contributed by atoms with van der Waals surface area (Å²) in [6.07, 6.45) is 0. The van der Waals surface area contributed by atoms with Crippen molar-refractivity contribution in [2.75, 3.05) is 11.1 Å². The summed E-state index contributed by atoms with van der Waals surface area (Å²) < 4.78 is 0. The lowest BCUT2D eigenvalue weighted by Gasteiger charge is -2.23. The highest BCUT2D eigenvalue weighted by atomic mass is 14.9. The summed E-state index contributed by atoms with van der Waals surface area (Å²) in [6, 6.07) is 12.2. The molecule has 16 heavy (non-hydrogen) atoms. The van der Waals surface area contributed by atoms with Crippen LogP contribution in [-0.4, -0.2) is 5.54 Å². The van der Waals surface area contributed by atoms with Gasteiger partial charge < -0.3 is 11.1 Å². The Kier molecular flexibility index (Phi) is 2.50. The van der Waals surface area contributed by atoms with Crippen molar-refractivity contribution >= 4 is 22.1 Å². The van der Waals surface area contributed by atoms with E-state index in [2.05, 4.69) is 44.3 Å². The van der Waals surface area contributed by atoms with Gasteiger partial charge in [0.1, 0.15) is 0 Å². The zero-order chi connectivity index (χ0) is 11.8. The van der Waals surface area contributed by atoms with E-state index in [4.69, 9.17) is 5.73 Å². The lowest BCUT2D eigenvalue weighted by atomic mass is 10.0. The minimum absolute atomic E-state index is 0.0545. The van der Waals surface area contributed by atoms with E-state index in [1.807, 2.05) is 18.2 Å². The number of hydrogen-bond donors (Lipinski definition) is 2. The molecular formula is C14H18N2. The highest BCUT2D eigenvalue weighted by molar-refractivity contribution is 6.00. The maximum absolute atomic E-state index is 5.96. The molecule has 2 heteroatoms. The molecule has 0 saturated carbocycles. The van der Waals surface area contributed by atoms with Crippen LogP contribution in [0.4, 0.5) is 11.4 Å². The number of anilines is 2. The third-order valence-corrected chi connectivity index (χ3v) is 2.47. The molecule has 0 aliphatic carbocycles. The van der Waals surface area contributed by atoms with Crippen LogP contribution in [0.25, 0.3) is 10.8 Å². The number of nitrogen functional groups attached to an aromatic ring is 1. The van der Waals surface area contributed by atoms with E-state index in [0.29, 0.717) is 0 Å². The zero-order valence-corrected chi connectivity index (χ0v) is 10.0. The van der Waals surface area contributed by atoms with Gasteiger partial charge in [-0.3, -0.25) is 0 Å². The topological polar surface area (TPSA) is 38.0 Å². The smallest absolute Gasteiger partial charge is 0.0424 e. The van der Waals surface area contributed by atoms with Gasteiger partial charge in [-0.2, -0.15) is 0 Å². The molecule has 0 spiro atoms. The van der Waals surface area contributed by atoms with Crippen molar-refractivity contribution in [1.82, 2.24) is 0 Å². The Balaban J connectivity index is 2.58. The first-order valence-corrected chi connectivity index (χ1v) is 5.53. The van der Waals surface area contributed by atoms with Gasteiger partial charge in [0.25, 0.3) is 0 Å². The molecular weight excluding hydrogens is 196 g/mol. The van der Waals surface area contributed by atoms with E-state index < -0.39 is 0 Å². The molecule has 0 aliphatic rings. The standard InChI is InChI=1S/C14H18N2/c1-14(2,3)16-13-9-5-6-10-11(13)7-4-8-12(10)15/h4-9,16H,15H2,1-3H3. The Morgan fingerprint density at radius 3 is 2.25 bits per heavy atom. The second-order valence-corrected chi connectivity index (χ2v) is 5.12. The molecule has 0 aliphatic heterocycles. The van der Waals surface area contributed by atoms with Gasteiger partial charge in [-0.15, -0.1) is 0 Å². The highest BCUT2D eigenvalue weighted by Gasteiger charge is 2.11. The van der Waals surface area contributed by atoms with Gasteiger partial charge in [0.2, 0.25) is 0 Å². The SMILES string of the molecule is CC(C)(C)Nc1cccc2c(N)cccc12. The Bertz CT molecular complexity index is 510. The van der Waals surface area contributed by atoms with Gasteiger partial charge >= 0.3 is 0 Å². The van der Waals surface area contributed by atoms with Crippen LogP contribution in [-0.2, 0) is 0 Å². The van der Waals surface area contributed by atoms with Gasteiger partial charge in [0.05, 0.1) is 0 Å². The first-order valence-electron chi connectivity index (χ1n) is 5.53. The fraction of sp³-hybridized carbons (Fsp3) is 0.286. The summed E-state index contributed by atoms with van der Waals surface area (Å²) in [5, 5.41) is 5.78. The van der Waals surface area contributed by atoms with E-state index in [1.54, 1.807) is 0 Å². The molecule has 2 rings (SSSR count). The zero-order valence-electron chi connectivity index (χ0n) is 10.0. The average molecular weight is 214 g/mol. The van der Waals surface area contributed by atoms with Crippen LogP contribution < -0.4 is 11.1 Å². The van der Waals surface area contributed by atoms with Crippen LogP contribution >= 0.6 is 0 Å². The van der Waals surface area contributed by atoms with Gasteiger partial charge in [-0.25, -0.2) is 0 Å². The molecule has 0 bridgehead atoms. The van der Waals surface area contributed by atoms with E-state index in [1.165, 1.54) is 5.39 Å². The lowest BCUT2D eigenvalue weighted by Crippen LogP contribution is -2.26. The third kappa shape index (κ3) is 2.11. The molecule has 0 amide bonds. The van der Waals surface area contributed by atoms with Crippen molar-refractivity contribution in [3.63, 3.8) is 0 Å². The molecule has 2 aromatic rings. The quantitative estimate of drug-likeness (QED) is 0.711. The largest absolute Gasteiger partial charge is 0.398 e. The lowest BCUT2D eigenvalue weighted by molar-refractivity contribution is 0.635. The van der Waals surface area contributed by atoms with Crippen molar-refractivity contribution in [3.05, 3.63) is 36.4 Å². The predicted molar refractivity (Wildman–Crippen MR) is 71.7 cm³/mol. The number of fused-ring (bicyclic) bond motifs is 1. The van der Waals surface area contributed by atoms with Crippen LogP contribution in [0.1, 0.15) is 20.8 Å². The van der Waals surface area contributed by atoms with Crippen molar-refractivity contribution < 1.29 is 0 Å². The second-order valence-electron chi connectivity index (χ2n) is 5.12. The first kappa shape index (κ1) is 10.8. The van der Waals surface area contributed by atoms with Gasteiger partial charge in [0, 0.05) is 27.7 Å². The Morgan fingerprint density at radius 1 is 0.938 bits per heavy atom. The summed E-state index contributed by atoms with van der Waals surface area (Å²) in [5.74, 6) is 0. The average Bonchev–Trinajstić information content (AvgIpc) is 2.17. The molecule has 0 unspecified atom stereocenters. The first-order chi connectivity index (χ1) is 7.47. The summed E-state index contributed by atoms with van der Waals surface area (Å²) >= 11 is 0. The molecule has 84 valence electrons. The number of nitrogens with two attached hydrogens (primary N) is 1. The maximum atomic E-state index is 5.96. The summed E-state index contributed by atoms with van der Waals surface area (Å²) in [5.41, 5.74) is 7.98. The molecule has 2 nitrogen and oxygen atoms in total. The van der Waals surface area contributed by atoms with Gasteiger partial charge in [-0.1, -0.05) is 24.3 Å². The molecule has 0 aromatic heterocycles. The van der Waals surface area contributed by atoms with E-state index >= 15 is 0 Å². The molecule has 2 aromatic carbocycles. The van der Waals surface area contributed by atoms with Crippen LogP contribution in [0.2, 0.25) is 0 Å². The summed E-state index contributed by atoms with van der Waals surface area (Å²) in [4.78, 5) is 0. The van der Waals surface area contributed by atoms with Crippen LogP contribution in [0.15, 0.2) is 36.4 Å². The van der Waals surface area contributed by atoms with Crippen molar-refractivity contribution in [3.8, 4) is 0 Å². The van der Waals surface area contributed by atoms with E-state index in [0.717, 1.165) is 16.8 Å². The number of hydrogen-bond acceptors (Lipinski definition) is 2. The summed E-state index contributed by atoms with van der Waals surface area (Å²) in [7, 11) is 0. The number of nitrogens with one attached hydrogen (secondary N) is 1. The van der Waals surface area contributed by atoms with Crippen LogP contribution in [0.3, 0.4) is 0 Å². The highest BCUT2D eigenvalue weighted by Crippen LogP contribution is 2.29. The number of benzene rings is 2. The maximum Gasteiger partial charge on any atom is 0.0424 e. The van der Waals surface area contributed by atoms with Crippen molar-refractivity contribution in [1.29, 1.82) is 0 Å². The fourth-order valence-corrected chi connectivity index (χ4v) is 1.85. The van der Waals surface area contributed by atoms with E-state index in [-0.39, 0.29) is 5.54 Å². The number of rotatable bonds is 1. The van der Waals surface area contributed by atoms with Crippen LogP contribution in [0, 0.1) is 0 Å². The molecule has 0 heterocycles. The molecule has 0 saturated heterocycles. The Labute approximate surface area is 96.5 Å². The Hall–Kier alpha value is -1.70. The fourth-order valence-electron chi connectivity index (χ4n) is 1.85. The summed E-state index contributed by atoms with van der Waals surface area (Å²) in [6.45, 7) is 6.45. The van der Waals surface area contributed by atoms with Crippen molar-refractivity contribution in [2.24, 2.45) is 0 Å². The monoisotopic (exact) mass is 214 g/mol. The predicted octanol–water partition coefficient (Wildman–Crippen LogP) is 3.63. The molecule has 0 atom stereocenters. The van der Waals surface area contributed by atoms with Gasteiger partial charge in [0.15, 0.2) is 0 Å². The third-order valence-electron chi connectivity index (χ3n) is 2.47. The Morgan fingerprint density at radius 2 is 1.56 bits per heavy atom. The van der Waals surface area contributed by atoms with E-state index in [9.17, 15) is 0 Å². The minimum Gasteiger partial charge on any atom is -0.398 e. The second kappa shape index (κ2) is 3.71. The van der Waals surface area contributed by atoms with Crippen LogP contribution in [0.5, 0.6) is 0 Å². The molecule has 0 fully saturated rings. The normalized spacial score (nSPS) is 11.7. The molecule has 0 radical (unpaired) electrons. The van der Waals surface area contributed by atoms with Crippen molar-refractivity contribution in [2.45, 2.75) is 26.3 Å². The minimum atomic E-state index is 0.0545. The molecule has 3 N–H and O–H groups in total.